The number of hydrogen-bond acceptors (Lipinski definition) is 6. The van der Waals surface area contributed by atoms with Crippen molar-refractivity contribution in [2.75, 3.05) is 5.73 Å². The summed E-state index contributed by atoms with van der Waals surface area (Å²) >= 11 is 0. The van der Waals surface area contributed by atoms with Gasteiger partial charge in [-0.1, -0.05) is 6.07 Å². The van der Waals surface area contributed by atoms with Gasteiger partial charge in [-0.15, -0.1) is 0 Å². The van der Waals surface area contributed by atoms with Gasteiger partial charge in [-0.2, -0.15) is 4.98 Å². The van der Waals surface area contributed by atoms with E-state index in [2.05, 4.69) is 9.97 Å². The van der Waals surface area contributed by atoms with Crippen molar-refractivity contribution in [2.24, 2.45) is 0 Å². The molecular formula is C18H12FN3O3. The van der Waals surface area contributed by atoms with E-state index >= 15 is 0 Å². The van der Waals surface area contributed by atoms with E-state index in [1.54, 1.807) is 18.2 Å². The fourth-order valence-corrected chi connectivity index (χ4v) is 2.41. The van der Waals surface area contributed by atoms with Crippen LogP contribution in [0.25, 0.3) is 22.4 Å². The molecule has 0 amide bonds. The van der Waals surface area contributed by atoms with Gasteiger partial charge >= 0.3 is 0 Å². The number of rotatable bonds is 3. The summed E-state index contributed by atoms with van der Waals surface area (Å²) in [6.07, 6.45) is 0. The molecule has 0 atom stereocenters. The molecule has 4 aromatic rings. The zero-order valence-electron chi connectivity index (χ0n) is 12.8. The Bertz CT molecular complexity index is 1080. The van der Waals surface area contributed by atoms with Crippen molar-refractivity contribution in [2.45, 2.75) is 0 Å². The molecule has 0 fully saturated rings. The summed E-state index contributed by atoms with van der Waals surface area (Å²) < 4.78 is 23.9. The van der Waals surface area contributed by atoms with Gasteiger partial charge in [0.05, 0.1) is 5.69 Å². The van der Waals surface area contributed by atoms with Gasteiger partial charge in [-0.05, 0) is 36.4 Å². The van der Waals surface area contributed by atoms with Gasteiger partial charge in [0, 0.05) is 17.7 Å². The average molecular weight is 337 g/mol. The number of fused-ring (bicyclic) bond motifs is 1. The van der Waals surface area contributed by atoms with E-state index in [0.29, 0.717) is 22.7 Å². The molecule has 3 N–H and O–H groups in total. The highest BCUT2D eigenvalue weighted by molar-refractivity contribution is 5.80. The maximum absolute atomic E-state index is 13.1. The van der Waals surface area contributed by atoms with Crippen LogP contribution >= 0.6 is 0 Å². The maximum atomic E-state index is 13.1. The van der Waals surface area contributed by atoms with E-state index in [4.69, 9.17) is 14.9 Å². The van der Waals surface area contributed by atoms with E-state index in [0.717, 1.165) is 11.6 Å². The topological polar surface area (TPSA) is 94.4 Å². The average Bonchev–Trinajstić information content (AvgIpc) is 2.97. The van der Waals surface area contributed by atoms with Crippen LogP contribution < -0.4 is 10.5 Å². The summed E-state index contributed by atoms with van der Waals surface area (Å²) in [5, 5.41) is 9.41. The molecule has 0 spiro atoms. The molecule has 0 aliphatic heterocycles. The summed E-state index contributed by atoms with van der Waals surface area (Å²) in [5.41, 5.74) is 8.25. The third-order valence-electron chi connectivity index (χ3n) is 3.56. The number of nitrogens with two attached hydrogens (primary N) is 1. The van der Waals surface area contributed by atoms with Crippen LogP contribution in [0.4, 0.5) is 10.4 Å². The molecule has 0 unspecified atom stereocenters. The van der Waals surface area contributed by atoms with Crippen LogP contribution in [0.5, 0.6) is 17.4 Å². The molecule has 124 valence electrons. The van der Waals surface area contributed by atoms with Gasteiger partial charge in [0.15, 0.2) is 17.1 Å². The fraction of sp³-hybridized carbons (Fsp3) is 0. The smallest absolute Gasteiger partial charge is 0.292 e. The summed E-state index contributed by atoms with van der Waals surface area (Å²) in [6.45, 7) is 0. The minimum Gasteiger partial charge on any atom is -0.505 e. The monoisotopic (exact) mass is 337 g/mol. The molecular weight excluding hydrogens is 325 g/mol. The summed E-state index contributed by atoms with van der Waals surface area (Å²) in [5.74, 6) is -0.608. The van der Waals surface area contributed by atoms with Crippen LogP contribution in [0, 0.1) is 5.82 Å². The van der Waals surface area contributed by atoms with E-state index < -0.39 is 11.6 Å². The van der Waals surface area contributed by atoms with Gasteiger partial charge in [-0.3, -0.25) is 0 Å². The van der Waals surface area contributed by atoms with Crippen LogP contribution in [0.2, 0.25) is 0 Å². The highest BCUT2D eigenvalue weighted by Gasteiger charge is 2.08. The number of ether oxygens (including phenoxy) is 1. The molecule has 4 rings (SSSR count). The lowest BCUT2D eigenvalue weighted by Gasteiger charge is -2.07. The number of benzene rings is 2. The molecule has 0 aliphatic carbocycles. The zero-order valence-corrected chi connectivity index (χ0v) is 12.8. The van der Waals surface area contributed by atoms with Crippen molar-refractivity contribution in [1.29, 1.82) is 0 Å². The number of nitrogens with zero attached hydrogens (tertiary/aromatic N) is 2. The van der Waals surface area contributed by atoms with E-state index in [1.807, 2.05) is 18.2 Å². The second-order valence-corrected chi connectivity index (χ2v) is 5.31. The maximum Gasteiger partial charge on any atom is 0.292 e. The van der Waals surface area contributed by atoms with Gasteiger partial charge in [0.25, 0.3) is 6.01 Å². The number of phenolic OH excluding ortho intramolecular Hbond substituents is 1. The second-order valence-electron chi connectivity index (χ2n) is 5.31. The molecule has 0 saturated heterocycles. The molecule has 7 heteroatoms. The molecule has 0 aliphatic rings. The third-order valence-corrected chi connectivity index (χ3v) is 3.56. The normalized spacial score (nSPS) is 10.9. The first-order valence-electron chi connectivity index (χ1n) is 7.38. The molecule has 25 heavy (non-hydrogen) atoms. The molecule has 0 saturated carbocycles. The number of halogens is 1. The van der Waals surface area contributed by atoms with Crippen LogP contribution in [-0.4, -0.2) is 15.1 Å². The highest BCUT2D eigenvalue weighted by Crippen LogP contribution is 2.29. The Morgan fingerprint density at radius 1 is 1.04 bits per heavy atom. The Labute approximate surface area is 141 Å². The first-order valence-corrected chi connectivity index (χ1v) is 7.38. The summed E-state index contributed by atoms with van der Waals surface area (Å²) in [7, 11) is 0. The Morgan fingerprint density at radius 2 is 1.92 bits per heavy atom. The first kappa shape index (κ1) is 14.9. The largest absolute Gasteiger partial charge is 0.505 e. The van der Waals surface area contributed by atoms with Crippen LogP contribution in [0.15, 0.2) is 59.0 Å². The van der Waals surface area contributed by atoms with Gasteiger partial charge in [0.2, 0.25) is 5.88 Å². The zero-order chi connectivity index (χ0) is 17.4. The lowest BCUT2D eigenvalue weighted by atomic mass is 10.1. The van der Waals surface area contributed by atoms with Crippen LogP contribution in [0.1, 0.15) is 0 Å². The lowest BCUT2D eigenvalue weighted by Crippen LogP contribution is -1.91. The predicted molar refractivity (Wildman–Crippen MR) is 89.8 cm³/mol. The Balaban J connectivity index is 1.66. The quantitative estimate of drug-likeness (QED) is 0.584. The number of pyridine rings is 1. The molecule has 6 nitrogen and oxygen atoms in total. The van der Waals surface area contributed by atoms with E-state index in [-0.39, 0.29) is 11.8 Å². The Kier molecular flexibility index (Phi) is 3.46. The van der Waals surface area contributed by atoms with Crippen molar-refractivity contribution in [1.82, 2.24) is 9.97 Å². The van der Waals surface area contributed by atoms with Crippen LogP contribution in [-0.2, 0) is 0 Å². The molecule has 0 bridgehead atoms. The van der Waals surface area contributed by atoms with Crippen molar-refractivity contribution in [3.63, 3.8) is 0 Å². The van der Waals surface area contributed by atoms with E-state index in [9.17, 15) is 9.50 Å². The number of anilines is 1. The van der Waals surface area contributed by atoms with Crippen molar-refractivity contribution >= 4 is 17.1 Å². The van der Waals surface area contributed by atoms with Gasteiger partial charge < -0.3 is 20.0 Å². The number of aromatic hydroxyl groups is 1. The highest BCUT2D eigenvalue weighted by atomic mass is 19.1. The number of nitrogen functional groups attached to an aromatic ring is 1. The van der Waals surface area contributed by atoms with Gasteiger partial charge in [-0.25, -0.2) is 9.37 Å². The molecule has 0 radical (unpaired) electrons. The standard InChI is InChI=1S/C18H12FN3O3/c19-12-6-5-11(9-15(12)23)24-17-3-1-2-13(21-17)10-4-7-16-14(8-10)22-18(20)25-16/h1-9,23H,(H2,20,22). The fourth-order valence-electron chi connectivity index (χ4n) is 2.41. The van der Waals surface area contributed by atoms with E-state index in [1.165, 1.54) is 12.1 Å². The Morgan fingerprint density at radius 3 is 2.76 bits per heavy atom. The third kappa shape index (κ3) is 2.94. The first-order chi connectivity index (χ1) is 12.1. The van der Waals surface area contributed by atoms with Crippen LogP contribution in [0.3, 0.4) is 0 Å². The van der Waals surface area contributed by atoms with Gasteiger partial charge in [0.1, 0.15) is 11.3 Å². The molecule has 2 aromatic heterocycles. The van der Waals surface area contributed by atoms with Crippen molar-refractivity contribution in [3.05, 3.63) is 60.4 Å². The predicted octanol–water partition coefficient (Wildman–Crippen LogP) is 4.11. The second kappa shape index (κ2) is 5.79. The lowest BCUT2D eigenvalue weighted by molar-refractivity contribution is 0.418. The Hall–Kier alpha value is -3.61. The minimum atomic E-state index is -0.714. The van der Waals surface area contributed by atoms with Crippen molar-refractivity contribution < 1.29 is 18.7 Å². The summed E-state index contributed by atoms with van der Waals surface area (Å²) in [6, 6.07) is 14.5. The number of hydrogen-bond donors (Lipinski definition) is 2. The summed E-state index contributed by atoms with van der Waals surface area (Å²) in [4.78, 5) is 8.51. The molecule has 2 aromatic carbocycles. The minimum absolute atomic E-state index is 0.105. The number of oxazole rings is 1. The SMILES string of the molecule is Nc1nc2cc(-c3cccc(Oc4ccc(F)c(O)c4)n3)ccc2o1. The number of phenols is 1. The van der Waals surface area contributed by atoms with Crippen molar-refractivity contribution in [3.8, 4) is 28.6 Å². The molecule has 2 heterocycles. The number of aromatic nitrogens is 2.